The first-order chi connectivity index (χ1) is 13.4. The molecular formula is C18H24BF2N5O2. The van der Waals surface area contributed by atoms with Crippen LogP contribution in [0, 0.1) is 0 Å². The Morgan fingerprint density at radius 1 is 1.36 bits per heavy atom. The van der Waals surface area contributed by atoms with Crippen molar-refractivity contribution in [2.24, 2.45) is 0 Å². The molecule has 3 N–H and O–H groups in total. The number of aromatic amines is 1. The van der Waals surface area contributed by atoms with Gasteiger partial charge in [0.1, 0.15) is 23.6 Å². The Bertz CT molecular complexity index is 970. The molecule has 3 aromatic heterocycles. The van der Waals surface area contributed by atoms with Crippen molar-refractivity contribution in [3.05, 3.63) is 24.3 Å². The molecule has 0 spiro atoms. The molecule has 2 unspecified atom stereocenters. The third-order valence-corrected chi connectivity index (χ3v) is 5.59. The molecular weight excluding hydrogens is 367 g/mol. The monoisotopic (exact) mass is 391 g/mol. The molecule has 0 aromatic carbocycles. The molecule has 7 nitrogen and oxygen atoms in total. The molecule has 4 heterocycles. The average molecular weight is 391 g/mol. The maximum atomic E-state index is 13.1. The summed E-state index contributed by atoms with van der Waals surface area (Å²) in [5.74, 6) is -2.13. The predicted molar refractivity (Wildman–Crippen MR) is 104 cm³/mol. The fourth-order valence-electron chi connectivity index (χ4n) is 4.35. The number of aliphatic hydroxyl groups is 2. The van der Waals surface area contributed by atoms with E-state index in [4.69, 9.17) is 0 Å². The fourth-order valence-corrected chi connectivity index (χ4v) is 4.35. The highest BCUT2D eigenvalue weighted by molar-refractivity contribution is 6.13. The number of nitrogens with one attached hydrogen (secondary N) is 1. The summed E-state index contributed by atoms with van der Waals surface area (Å²) in [6, 6.07) is 1.83. The number of rotatable bonds is 7. The minimum Gasteiger partial charge on any atom is -0.395 e. The van der Waals surface area contributed by atoms with E-state index in [9.17, 15) is 19.0 Å². The van der Waals surface area contributed by atoms with Crippen LogP contribution in [0.3, 0.4) is 0 Å². The summed E-state index contributed by atoms with van der Waals surface area (Å²) in [5.41, 5.74) is 2.36. The molecule has 1 aliphatic rings. The maximum absolute atomic E-state index is 13.1. The lowest BCUT2D eigenvalue weighted by molar-refractivity contribution is 0.0749. The van der Waals surface area contributed by atoms with E-state index in [1.165, 1.54) is 0 Å². The van der Waals surface area contributed by atoms with E-state index in [0.717, 1.165) is 24.4 Å². The summed E-state index contributed by atoms with van der Waals surface area (Å²) >= 11 is 0. The first-order valence-electron chi connectivity index (χ1n) is 9.57. The standard InChI is InChI=1S/C18H24BF2N5O2/c19-18(20,21)3-1-5-25-8-11(6-12(25)9-27)26-15(10-28)24-14-7-23-17-13(16(14)26)2-4-22-17/h2,4,7,11-12,27-28H,1,3,5-6,8-10,19H2,(H,22,23). The van der Waals surface area contributed by atoms with Crippen LogP contribution < -0.4 is 0 Å². The highest BCUT2D eigenvalue weighted by Crippen LogP contribution is 2.34. The van der Waals surface area contributed by atoms with Crippen molar-refractivity contribution in [3.63, 3.8) is 0 Å². The Hall–Kier alpha value is -2.04. The molecule has 1 fully saturated rings. The Balaban J connectivity index is 1.65. The number of aliphatic hydroxyl groups excluding tert-OH is 2. The summed E-state index contributed by atoms with van der Waals surface area (Å²) in [4.78, 5) is 14.1. The quantitative estimate of drug-likeness (QED) is 0.524. The molecule has 150 valence electrons. The number of hydrogen-bond acceptors (Lipinski definition) is 5. The van der Waals surface area contributed by atoms with Crippen molar-refractivity contribution in [1.82, 2.24) is 24.4 Å². The largest absolute Gasteiger partial charge is 0.395 e. The Labute approximate surface area is 161 Å². The van der Waals surface area contributed by atoms with E-state index in [1.54, 1.807) is 6.20 Å². The summed E-state index contributed by atoms with van der Waals surface area (Å²) in [6.45, 7) is 0.894. The smallest absolute Gasteiger partial charge is 0.207 e. The molecule has 3 aromatic rings. The van der Waals surface area contributed by atoms with Crippen LogP contribution in [0.5, 0.6) is 0 Å². The zero-order chi connectivity index (χ0) is 19.9. The maximum Gasteiger partial charge on any atom is 0.207 e. The minimum absolute atomic E-state index is 0.00747. The molecule has 2 atom stereocenters. The number of halogens is 2. The van der Waals surface area contributed by atoms with Crippen LogP contribution in [0.1, 0.15) is 31.1 Å². The molecule has 1 saturated heterocycles. The predicted octanol–water partition coefficient (Wildman–Crippen LogP) is 1.02. The van der Waals surface area contributed by atoms with Gasteiger partial charge < -0.3 is 19.8 Å². The van der Waals surface area contributed by atoms with Gasteiger partial charge in [0, 0.05) is 36.6 Å². The van der Waals surface area contributed by atoms with Crippen LogP contribution in [0.4, 0.5) is 8.78 Å². The van der Waals surface area contributed by atoms with Crippen LogP contribution in [0.25, 0.3) is 22.1 Å². The second-order valence-electron chi connectivity index (χ2n) is 7.68. The lowest BCUT2D eigenvalue weighted by Gasteiger charge is -2.23. The number of nitrogens with zero attached hydrogens (tertiary/aromatic N) is 4. The number of pyridine rings is 1. The molecule has 0 aliphatic carbocycles. The van der Waals surface area contributed by atoms with E-state index in [-0.39, 0.29) is 31.7 Å². The van der Waals surface area contributed by atoms with Crippen LogP contribution in [0.2, 0.25) is 0 Å². The number of alkyl halides is 2. The van der Waals surface area contributed by atoms with Gasteiger partial charge in [-0.15, -0.1) is 0 Å². The van der Waals surface area contributed by atoms with E-state index >= 15 is 0 Å². The van der Waals surface area contributed by atoms with Gasteiger partial charge in [0.2, 0.25) is 5.82 Å². The van der Waals surface area contributed by atoms with Gasteiger partial charge in [-0.25, -0.2) is 18.7 Å². The molecule has 4 rings (SSSR count). The Morgan fingerprint density at radius 2 is 2.18 bits per heavy atom. The van der Waals surface area contributed by atoms with Gasteiger partial charge in [0.15, 0.2) is 7.85 Å². The molecule has 1 aliphatic heterocycles. The van der Waals surface area contributed by atoms with Gasteiger partial charge in [-0.05, 0) is 25.5 Å². The van der Waals surface area contributed by atoms with Crippen molar-refractivity contribution >= 4 is 29.9 Å². The molecule has 0 radical (unpaired) electrons. The summed E-state index contributed by atoms with van der Waals surface area (Å²) in [6.07, 6.45) is 4.37. The number of hydrogen-bond donors (Lipinski definition) is 3. The second kappa shape index (κ2) is 7.42. The number of aromatic nitrogens is 4. The summed E-state index contributed by atoms with van der Waals surface area (Å²) in [7, 11) is 0.935. The van der Waals surface area contributed by atoms with Gasteiger partial charge in [-0.1, -0.05) is 0 Å². The molecule has 0 bridgehead atoms. The highest BCUT2D eigenvalue weighted by Gasteiger charge is 2.35. The average Bonchev–Trinajstić information content (AvgIpc) is 3.35. The van der Waals surface area contributed by atoms with Crippen LogP contribution in [0.15, 0.2) is 18.5 Å². The second-order valence-corrected chi connectivity index (χ2v) is 7.68. The third-order valence-electron chi connectivity index (χ3n) is 5.59. The van der Waals surface area contributed by atoms with E-state index < -0.39 is 5.82 Å². The molecule has 10 heteroatoms. The van der Waals surface area contributed by atoms with E-state index in [2.05, 4.69) is 19.9 Å². The normalized spacial score (nSPS) is 21.3. The molecule has 0 amide bonds. The van der Waals surface area contributed by atoms with Gasteiger partial charge >= 0.3 is 0 Å². The summed E-state index contributed by atoms with van der Waals surface area (Å²) in [5, 5.41) is 20.6. The van der Waals surface area contributed by atoms with Gasteiger partial charge in [0.05, 0.1) is 18.3 Å². The zero-order valence-corrected chi connectivity index (χ0v) is 15.8. The third kappa shape index (κ3) is 3.51. The zero-order valence-electron chi connectivity index (χ0n) is 15.8. The fraction of sp³-hybridized carbons (Fsp3) is 0.556. The number of fused-ring (bicyclic) bond motifs is 3. The first-order valence-corrected chi connectivity index (χ1v) is 9.57. The molecule has 28 heavy (non-hydrogen) atoms. The Kier molecular flexibility index (Phi) is 5.11. The topological polar surface area (TPSA) is 90.2 Å². The number of imidazole rings is 1. The van der Waals surface area contributed by atoms with Crippen LogP contribution in [-0.2, 0) is 6.61 Å². The highest BCUT2D eigenvalue weighted by atomic mass is 19.3. The van der Waals surface area contributed by atoms with Crippen LogP contribution in [-0.4, -0.2) is 74.0 Å². The summed E-state index contributed by atoms with van der Waals surface area (Å²) < 4.78 is 28.3. The van der Waals surface area contributed by atoms with Crippen molar-refractivity contribution in [1.29, 1.82) is 0 Å². The van der Waals surface area contributed by atoms with E-state index in [0.29, 0.717) is 37.3 Å². The lowest BCUT2D eigenvalue weighted by atomic mass is 9.94. The van der Waals surface area contributed by atoms with Gasteiger partial charge in [0.25, 0.3) is 0 Å². The Morgan fingerprint density at radius 3 is 2.89 bits per heavy atom. The number of H-pyrrole nitrogens is 1. The van der Waals surface area contributed by atoms with Crippen molar-refractivity contribution < 1.29 is 19.0 Å². The van der Waals surface area contributed by atoms with E-state index in [1.807, 2.05) is 16.8 Å². The van der Waals surface area contributed by atoms with Crippen molar-refractivity contribution in [2.75, 3.05) is 19.7 Å². The van der Waals surface area contributed by atoms with Crippen molar-refractivity contribution in [3.8, 4) is 0 Å². The van der Waals surface area contributed by atoms with Gasteiger partial charge in [-0.2, -0.15) is 0 Å². The first kappa shape index (κ1) is 19.3. The van der Waals surface area contributed by atoms with Crippen LogP contribution >= 0.6 is 0 Å². The minimum atomic E-state index is -2.68. The number of likely N-dealkylation sites (tertiary alicyclic amines) is 1. The van der Waals surface area contributed by atoms with Crippen molar-refractivity contribution in [2.45, 2.75) is 43.8 Å². The lowest BCUT2D eigenvalue weighted by Crippen LogP contribution is -2.34. The SMILES string of the molecule is BC(F)(F)CCCN1CC(n2c(CO)nc3cnc4[nH]ccc4c32)CC1CO. The molecule has 0 saturated carbocycles. The van der Waals surface area contributed by atoms with Gasteiger partial charge in [-0.3, -0.25) is 4.90 Å².